The third kappa shape index (κ3) is 9.49. The van der Waals surface area contributed by atoms with Crippen molar-refractivity contribution in [1.29, 1.82) is 0 Å². The van der Waals surface area contributed by atoms with Crippen LogP contribution in [0.2, 0.25) is 0 Å². The van der Waals surface area contributed by atoms with E-state index in [-0.39, 0.29) is 25.1 Å². The minimum atomic E-state index is -3.41. The van der Waals surface area contributed by atoms with Crippen LogP contribution in [0.25, 0.3) is 0 Å². The van der Waals surface area contributed by atoms with Crippen LogP contribution < -0.4 is 4.72 Å². The average molecular weight is 329 g/mol. The smallest absolute Gasteiger partial charge is 0.303 e. The molecule has 0 aliphatic rings. The number of carbonyl (C=O) groups is 1. The van der Waals surface area contributed by atoms with Crippen LogP contribution in [0.3, 0.4) is 0 Å². The number of aryl methyl sites for hydroxylation is 1. The van der Waals surface area contributed by atoms with E-state index in [1.165, 1.54) is 5.56 Å². The van der Waals surface area contributed by atoms with Crippen LogP contribution in [0.15, 0.2) is 30.3 Å². The number of carboxylic acids is 1. The predicted molar refractivity (Wildman–Crippen MR) is 84.2 cm³/mol. The quantitative estimate of drug-likeness (QED) is 0.566. The van der Waals surface area contributed by atoms with Gasteiger partial charge in [-0.25, -0.2) is 13.1 Å². The summed E-state index contributed by atoms with van der Waals surface area (Å²) < 4.78 is 30.8. The number of hydrogen-bond donors (Lipinski definition) is 2. The number of hydrogen-bond acceptors (Lipinski definition) is 4. The Hall–Kier alpha value is -1.44. The topological polar surface area (TPSA) is 92.7 Å². The number of rotatable bonds is 12. The summed E-state index contributed by atoms with van der Waals surface area (Å²) in [5.74, 6) is -1.16. The summed E-state index contributed by atoms with van der Waals surface area (Å²) in [5, 5.41) is 8.45. The lowest BCUT2D eigenvalue weighted by atomic mass is 10.1. The highest BCUT2D eigenvalue weighted by Gasteiger charge is 2.10. The summed E-state index contributed by atoms with van der Waals surface area (Å²) in [4.78, 5) is 10.3. The summed E-state index contributed by atoms with van der Waals surface area (Å²) in [6.45, 7) is 1.10. The highest BCUT2D eigenvalue weighted by atomic mass is 32.2. The van der Waals surface area contributed by atoms with Gasteiger partial charge in [0.15, 0.2) is 0 Å². The van der Waals surface area contributed by atoms with Gasteiger partial charge in [-0.15, -0.1) is 0 Å². The van der Waals surface area contributed by atoms with Crippen LogP contribution in [0, 0.1) is 0 Å². The van der Waals surface area contributed by atoms with Crippen LogP contribution in [-0.2, 0) is 26.0 Å². The molecule has 0 aromatic heterocycles. The fourth-order valence-electron chi connectivity index (χ4n) is 1.88. The highest BCUT2D eigenvalue weighted by Crippen LogP contribution is 2.02. The highest BCUT2D eigenvalue weighted by molar-refractivity contribution is 7.89. The third-order valence-electron chi connectivity index (χ3n) is 2.97. The molecule has 2 N–H and O–H groups in total. The Morgan fingerprint density at radius 1 is 1.14 bits per heavy atom. The molecule has 0 saturated carbocycles. The second-order valence-electron chi connectivity index (χ2n) is 4.91. The Balaban J connectivity index is 2.01. The van der Waals surface area contributed by atoms with E-state index in [4.69, 9.17) is 9.84 Å². The molecule has 1 aromatic rings. The standard InChI is InChI=1S/C15H23NO5S/c17-15(18)9-5-13-22(19,20)16-10-12-21-11-4-8-14-6-2-1-3-7-14/h1-3,6-7,16H,4-5,8-13H2,(H,17,18). The maximum atomic E-state index is 11.5. The molecule has 1 rings (SSSR count). The monoisotopic (exact) mass is 329 g/mol. The summed E-state index contributed by atoms with van der Waals surface area (Å²) in [6.07, 6.45) is 1.79. The Morgan fingerprint density at radius 2 is 1.86 bits per heavy atom. The van der Waals surface area contributed by atoms with E-state index in [0.717, 1.165) is 12.8 Å². The van der Waals surface area contributed by atoms with Crippen LogP contribution in [0.5, 0.6) is 0 Å². The van der Waals surface area contributed by atoms with Crippen LogP contribution >= 0.6 is 0 Å². The lowest BCUT2D eigenvalue weighted by Gasteiger charge is -2.07. The molecule has 0 unspecified atom stereocenters. The maximum absolute atomic E-state index is 11.5. The zero-order valence-corrected chi connectivity index (χ0v) is 13.3. The van der Waals surface area contributed by atoms with E-state index in [9.17, 15) is 13.2 Å². The maximum Gasteiger partial charge on any atom is 0.303 e. The molecule has 0 atom stereocenters. The van der Waals surface area contributed by atoms with Crippen molar-refractivity contribution in [3.63, 3.8) is 0 Å². The lowest BCUT2D eigenvalue weighted by Crippen LogP contribution is -2.30. The van der Waals surface area contributed by atoms with Crippen molar-refractivity contribution in [2.24, 2.45) is 0 Å². The summed E-state index contributed by atoms with van der Waals surface area (Å²) in [6, 6.07) is 10.1. The molecule has 0 fully saturated rings. The Bertz CT molecular complexity index is 530. The molecule has 0 radical (unpaired) electrons. The van der Waals surface area contributed by atoms with Crippen LogP contribution in [0.1, 0.15) is 24.8 Å². The van der Waals surface area contributed by atoms with Crippen molar-refractivity contribution in [1.82, 2.24) is 4.72 Å². The van der Waals surface area contributed by atoms with Gasteiger partial charge in [0.05, 0.1) is 12.4 Å². The van der Waals surface area contributed by atoms with Gasteiger partial charge < -0.3 is 9.84 Å². The number of carboxylic acid groups (broad SMARTS) is 1. The number of aliphatic carboxylic acids is 1. The number of nitrogens with one attached hydrogen (secondary N) is 1. The van der Waals surface area contributed by atoms with Crippen molar-refractivity contribution >= 4 is 16.0 Å². The average Bonchev–Trinajstić information content (AvgIpc) is 2.46. The van der Waals surface area contributed by atoms with Gasteiger partial charge in [-0.2, -0.15) is 0 Å². The van der Waals surface area contributed by atoms with Crippen molar-refractivity contribution in [2.75, 3.05) is 25.5 Å². The Kier molecular flexibility index (Phi) is 8.72. The second-order valence-corrected chi connectivity index (χ2v) is 6.84. The van der Waals surface area contributed by atoms with E-state index in [1.807, 2.05) is 18.2 Å². The minimum Gasteiger partial charge on any atom is -0.481 e. The molecule has 22 heavy (non-hydrogen) atoms. The first-order valence-electron chi connectivity index (χ1n) is 7.30. The van der Waals surface area contributed by atoms with Crippen molar-refractivity contribution in [3.05, 3.63) is 35.9 Å². The molecule has 124 valence electrons. The molecule has 0 bridgehead atoms. The SMILES string of the molecule is O=C(O)CCCS(=O)(=O)NCCOCCCc1ccccc1. The van der Waals surface area contributed by atoms with E-state index in [0.29, 0.717) is 13.2 Å². The molecule has 6 nitrogen and oxygen atoms in total. The normalized spacial score (nSPS) is 11.5. The molecular formula is C15H23NO5S. The Morgan fingerprint density at radius 3 is 2.55 bits per heavy atom. The van der Waals surface area contributed by atoms with E-state index in [2.05, 4.69) is 16.9 Å². The van der Waals surface area contributed by atoms with Gasteiger partial charge in [-0.3, -0.25) is 4.79 Å². The Labute approximate surface area is 131 Å². The van der Waals surface area contributed by atoms with E-state index >= 15 is 0 Å². The van der Waals surface area contributed by atoms with E-state index < -0.39 is 16.0 Å². The summed E-state index contributed by atoms with van der Waals surface area (Å²) in [5.41, 5.74) is 1.25. The van der Waals surface area contributed by atoms with Gasteiger partial charge >= 0.3 is 5.97 Å². The molecule has 0 amide bonds. The zero-order valence-electron chi connectivity index (χ0n) is 12.5. The van der Waals surface area contributed by atoms with Crippen LogP contribution in [0.4, 0.5) is 0 Å². The van der Waals surface area contributed by atoms with Crippen molar-refractivity contribution in [3.8, 4) is 0 Å². The third-order valence-corrected chi connectivity index (χ3v) is 4.44. The first-order chi connectivity index (χ1) is 10.5. The predicted octanol–water partition coefficient (Wildman–Crippen LogP) is 1.42. The van der Waals surface area contributed by atoms with Gasteiger partial charge in [-0.1, -0.05) is 30.3 Å². The molecule has 0 spiro atoms. The molecule has 1 aromatic carbocycles. The van der Waals surface area contributed by atoms with Gasteiger partial charge in [-0.05, 0) is 24.8 Å². The minimum absolute atomic E-state index is 0.114. The first-order valence-corrected chi connectivity index (χ1v) is 8.95. The van der Waals surface area contributed by atoms with E-state index in [1.54, 1.807) is 0 Å². The largest absolute Gasteiger partial charge is 0.481 e. The zero-order chi connectivity index (χ0) is 16.3. The molecule has 0 aliphatic heterocycles. The lowest BCUT2D eigenvalue weighted by molar-refractivity contribution is -0.137. The molecular weight excluding hydrogens is 306 g/mol. The van der Waals surface area contributed by atoms with Crippen LogP contribution in [-0.4, -0.2) is 45.0 Å². The van der Waals surface area contributed by atoms with Gasteiger partial charge in [0.1, 0.15) is 0 Å². The first kappa shape index (κ1) is 18.6. The van der Waals surface area contributed by atoms with Gasteiger partial charge in [0.2, 0.25) is 10.0 Å². The molecule has 0 aliphatic carbocycles. The summed E-state index contributed by atoms with van der Waals surface area (Å²) in [7, 11) is -3.41. The second kappa shape index (κ2) is 10.3. The van der Waals surface area contributed by atoms with Gasteiger partial charge in [0, 0.05) is 19.6 Å². The molecule has 7 heteroatoms. The van der Waals surface area contributed by atoms with Gasteiger partial charge in [0.25, 0.3) is 0 Å². The number of benzene rings is 1. The van der Waals surface area contributed by atoms with Crippen molar-refractivity contribution in [2.45, 2.75) is 25.7 Å². The fraction of sp³-hybridized carbons (Fsp3) is 0.533. The molecule has 0 saturated heterocycles. The molecule has 0 heterocycles. The fourth-order valence-corrected chi connectivity index (χ4v) is 2.94. The number of ether oxygens (including phenoxy) is 1. The van der Waals surface area contributed by atoms with Crippen molar-refractivity contribution < 1.29 is 23.1 Å². The number of sulfonamides is 1. The summed E-state index contributed by atoms with van der Waals surface area (Å²) >= 11 is 0.